The van der Waals surface area contributed by atoms with Crippen LogP contribution >= 0.6 is 23.4 Å². The van der Waals surface area contributed by atoms with E-state index in [9.17, 15) is 0 Å². The van der Waals surface area contributed by atoms with Crippen LogP contribution in [0.1, 0.15) is 25.5 Å². The number of halogens is 1. The number of nitrogens with one attached hydrogen (secondary N) is 1. The maximum atomic E-state index is 6.16. The molecule has 0 aromatic heterocycles. The van der Waals surface area contributed by atoms with Crippen LogP contribution in [-0.2, 0) is 0 Å². The van der Waals surface area contributed by atoms with E-state index >= 15 is 0 Å². The normalized spacial score (nSPS) is 13.1. The Morgan fingerprint density at radius 3 is 2.53 bits per heavy atom. The highest BCUT2D eigenvalue weighted by Gasteiger charge is 2.12. The van der Waals surface area contributed by atoms with E-state index in [0.717, 1.165) is 10.8 Å². The highest BCUT2D eigenvalue weighted by atomic mass is 35.5. The fourth-order valence-corrected chi connectivity index (χ4v) is 2.57. The van der Waals surface area contributed by atoms with Crippen molar-refractivity contribution in [3.05, 3.63) is 34.9 Å². The first kappa shape index (κ1) is 12.9. The Morgan fingerprint density at radius 1 is 1.33 bits per heavy atom. The summed E-state index contributed by atoms with van der Waals surface area (Å²) in [7, 11) is 1.98. The zero-order valence-electron chi connectivity index (χ0n) is 9.46. The van der Waals surface area contributed by atoms with E-state index in [1.54, 1.807) is 0 Å². The van der Waals surface area contributed by atoms with Gasteiger partial charge in [-0.15, -0.1) is 0 Å². The van der Waals surface area contributed by atoms with Crippen molar-refractivity contribution in [2.75, 3.05) is 12.8 Å². The van der Waals surface area contributed by atoms with Crippen LogP contribution in [0.25, 0.3) is 0 Å². The molecule has 1 atom stereocenters. The molecular formula is C12H18ClNS. The van der Waals surface area contributed by atoms with Gasteiger partial charge in [-0.1, -0.05) is 43.6 Å². The maximum absolute atomic E-state index is 6.16. The van der Waals surface area contributed by atoms with Gasteiger partial charge in [0.15, 0.2) is 0 Å². The van der Waals surface area contributed by atoms with Gasteiger partial charge < -0.3 is 5.32 Å². The average molecular weight is 244 g/mol. The first-order chi connectivity index (χ1) is 7.15. The first-order valence-electron chi connectivity index (χ1n) is 5.18. The van der Waals surface area contributed by atoms with E-state index < -0.39 is 0 Å². The molecule has 1 aromatic rings. The SMILES string of the molecule is CNC(CSC(C)C)c1ccccc1Cl. The van der Waals surface area contributed by atoms with Crippen LogP contribution in [0.3, 0.4) is 0 Å². The van der Waals surface area contributed by atoms with Crippen molar-refractivity contribution in [1.29, 1.82) is 0 Å². The van der Waals surface area contributed by atoms with E-state index in [4.69, 9.17) is 11.6 Å². The van der Waals surface area contributed by atoms with Gasteiger partial charge in [-0.3, -0.25) is 0 Å². The summed E-state index contributed by atoms with van der Waals surface area (Å²) in [6.45, 7) is 4.42. The first-order valence-corrected chi connectivity index (χ1v) is 6.61. The van der Waals surface area contributed by atoms with E-state index in [1.807, 2.05) is 37.0 Å². The van der Waals surface area contributed by atoms with Gasteiger partial charge in [0.1, 0.15) is 0 Å². The van der Waals surface area contributed by atoms with Gasteiger partial charge in [-0.2, -0.15) is 11.8 Å². The second-order valence-corrected chi connectivity index (χ2v) is 5.76. The lowest BCUT2D eigenvalue weighted by Gasteiger charge is -2.18. The highest BCUT2D eigenvalue weighted by Crippen LogP contribution is 2.26. The lowest BCUT2D eigenvalue weighted by molar-refractivity contribution is 0.661. The predicted molar refractivity (Wildman–Crippen MR) is 70.8 cm³/mol. The van der Waals surface area contributed by atoms with Crippen molar-refractivity contribution in [2.24, 2.45) is 0 Å². The molecule has 0 fully saturated rings. The van der Waals surface area contributed by atoms with Gasteiger partial charge in [0.25, 0.3) is 0 Å². The number of hydrogen-bond donors (Lipinski definition) is 1. The Balaban J connectivity index is 2.70. The van der Waals surface area contributed by atoms with Crippen LogP contribution < -0.4 is 5.32 Å². The van der Waals surface area contributed by atoms with Crippen LogP contribution in [0.5, 0.6) is 0 Å². The standard InChI is InChI=1S/C12H18ClNS/c1-9(2)15-8-12(14-3)10-6-4-5-7-11(10)13/h4-7,9,12,14H,8H2,1-3H3. The third kappa shape index (κ3) is 4.06. The molecule has 0 aliphatic rings. The smallest absolute Gasteiger partial charge is 0.0454 e. The largest absolute Gasteiger partial charge is 0.312 e. The van der Waals surface area contributed by atoms with Crippen molar-refractivity contribution < 1.29 is 0 Å². The molecule has 0 bridgehead atoms. The van der Waals surface area contributed by atoms with Gasteiger partial charge in [-0.05, 0) is 23.9 Å². The zero-order chi connectivity index (χ0) is 11.3. The number of thioether (sulfide) groups is 1. The second kappa shape index (κ2) is 6.41. The van der Waals surface area contributed by atoms with E-state index in [2.05, 4.69) is 25.2 Å². The summed E-state index contributed by atoms with van der Waals surface area (Å²) in [4.78, 5) is 0. The molecule has 1 N–H and O–H groups in total. The third-order valence-electron chi connectivity index (χ3n) is 2.23. The molecule has 3 heteroatoms. The molecule has 15 heavy (non-hydrogen) atoms. The average Bonchev–Trinajstić information content (AvgIpc) is 2.21. The number of benzene rings is 1. The quantitative estimate of drug-likeness (QED) is 0.846. The van der Waals surface area contributed by atoms with Crippen LogP contribution in [0.4, 0.5) is 0 Å². The molecule has 1 rings (SSSR count). The summed E-state index contributed by atoms with van der Waals surface area (Å²) >= 11 is 8.11. The Morgan fingerprint density at radius 2 is 2.00 bits per heavy atom. The van der Waals surface area contributed by atoms with Gasteiger partial charge in [-0.25, -0.2) is 0 Å². The molecule has 1 aromatic carbocycles. The molecule has 0 spiro atoms. The summed E-state index contributed by atoms with van der Waals surface area (Å²) in [6, 6.07) is 8.37. The Hall–Kier alpha value is -0.180. The van der Waals surface area contributed by atoms with Crippen molar-refractivity contribution in [3.63, 3.8) is 0 Å². The van der Waals surface area contributed by atoms with Crippen molar-refractivity contribution in [2.45, 2.75) is 25.1 Å². The van der Waals surface area contributed by atoms with Gasteiger partial charge in [0.2, 0.25) is 0 Å². The van der Waals surface area contributed by atoms with Gasteiger partial charge >= 0.3 is 0 Å². The molecule has 1 unspecified atom stereocenters. The summed E-state index contributed by atoms with van der Waals surface area (Å²) in [5.74, 6) is 1.05. The molecule has 0 heterocycles. The minimum absolute atomic E-state index is 0.339. The van der Waals surface area contributed by atoms with E-state index in [1.165, 1.54) is 5.56 Å². The summed E-state index contributed by atoms with van der Waals surface area (Å²) < 4.78 is 0. The molecule has 0 radical (unpaired) electrons. The lowest BCUT2D eigenvalue weighted by Crippen LogP contribution is -2.19. The Labute approximate surface area is 102 Å². The molecule has 1 nitrogen and oxygen atoms in total. The fourth-order valence-electron chi connectivity index (χ4n) is 1.37. The molecule has 0 saturated carbocycles. The van der Waals surface area contributed by atoms with Crippen LogP contribution in [0, 0.1) is 0 Å². The molecule has 0 amide bonds. The summed E-state index contributed by atoms with van der Waals surface area (Å²) in [5, 5.41) is 4.81. The van der Waals surface area contributed by atoms with Gasteiger partial charge in [0, 0.05) is 16.8 Å². The lowest BCUT2D eigenvalue weighted by atomic mass is 10.1. The second-order valence-electron chi connectivity index (χ2n) is 3.74. The topological polar surface area (TPSA) is 12.0 Å². The molecule has 0 aliphatic heterocycles. The van der Waals surface area contributed by atoms with Crippen molar-refractivity contribution >= 4 is 23.4 Å². The minimum Gasteiger partial charge on any atom is -0.312 e. The summed E-state index contributed by atoms with van der Waals surface area (Å²) in [5.41, 5.74) is 1.19. The fraction of sp³-hybridized carbons (Fsp3) is 0.500. The molecule has 84 valence electrons. The molecular weight excluding hydrogens is 226 g/mol. The zero-order valence-corrected chi connectivity index (χ0v) is 11.0. The van der Waals surface area contributed by atoms with E-state index in [0.29, 0.717) is 11.3 Å². The highest BCUT2D eigenvalue weighted by molar-refractivity contribution is 7.99. The number of rotatable bonds is 5. The predicted octanol–water partition coefficient (Wildman–Crippen LogP) is 3.74. The molecule has 0 aliphatic carbocycles. The van der Waals surface area contributed by atoms with Gasteiger partial charge in [0.05, 0.1) is 0 Å². The minimum atomic E-state index is 0.339. The monoisotopic (exact) mass is 243 g/mol. The number of hydrogen-bond acceptors (Lipinski definition) is 2. The van der Waals surface area contributed by atoms with Crippen molar-refractivity contribution in [3.8, 4) is 0 Å². The van der Waals surface area contributed by atoms with Crippen LogP contribution in [0.15, 0.2) is 24.3 Å². The Kier molecular flexibility index (Phi) is 5.51. The van der Waals surface area contributed by atoms with Crippen molar-refractivity contribution in [1.82, 2.24) is 5.32 Å². The maximum Gasteiger partial charge on any atom is 0.0454 e. The van der Waals surface area contributed by atoms with Crippen LogP contribution in [-0.4, -0.2) is 18.1 Å². The van der Waals surface area contributed by atoms with E-state index in [-0.39, 0.29) is 0 Å². The molecule has 0 saturated heterocycles. The summed E-state index contributed by atoms with van der Waals surface area (Å²) in [6.07, 6.45) is 0. The Bertz CT molecular complexity index is 301. The van der Waals surface area contributed by atoms with Crippen LogP contribution in [0.2, 0.25) is 5.02 Å². The third-order valence-corrected chi connectivity index (χ3v) is 3.76.